The molecule has 1 aromatic heterocycles. The maximum absolute atomic E-state index is 11.1. The number of amides is 1. The first kappa shape index (κ1) is 18.8. The molecular weight excluding hydrogens is 364 g/mol. The van der Waals surface area contributed by atoms with Gasteiger partial charge in [0.25, 0.3) is 0 Å². The lowest BCUT2D eigenvalue weighted by Crippen LogP contribution is -2.20. The number of carbonyl (C=O) groups is 1. The summed E-state index contributed by atoms with van der Waals surface area (Å²) < 4.78 is 10.5. The predicted octanol–water partition coefficient (Wildman–Crippen LogP) is 3.52. The van der Waals surface area contributed by atoms with Crippen LogP contribution in [-0.4, -0.2) is 30.2 Å². The first-order chi connectivity index (χ1) is 11.9. The van der Waals surface area contributed by atoms with E-state index in [2.05, 4.69) is 20.9 Å². The summed E-state index contributed by atoms with van der Waals surface area (Å²) in [6.45, 7) is 1.41. The summed E-state index contributed by atoms with van der Waals surface area (Å²) in [4.78, 5) is 15.1. The molecule has 0 aliphatic carbocycles. The van der Waals surface area contributed by atoms with Crippen molar-refractivity contribution in [2.24, 2.45) is 0 Å². The highest BCUT2D eigenvalue weighted by Gasteiger charge is 2.11. The maximum atomic E-state index is 11.1. The number of nitrogens with zero attached hydrogens (tertiary/aromatic N) is 1. The number of aromatic nitrogens is 1. The van der Waals surface area contributed by atoms with Gasteiger partial charge in [-0.1, -0.05) is 11.6 Å². The second kappa shape index (κ2) is 8.50. The van der Waals surface area contributed by atoms with Gasteiger partial charge in [0.05, 0.1) is 24.9 Å². The Morgan fingerprint density at radius 1 is 1.12 bits per heavy atom. The SMILES string of the molecule is COc1cc(OC)c(NC(=S)Nc2ccnc(NC(C)=O)c2)cc1Cl. The van der Waals surface area contributed by atoms with Crippen LogP contribution in [0.15, 0.2) is 30.5 Å². The van der Waals surface area contributed by atoms with Crippen molar-refractivity contribution in [1.82, 2.24) is 4.98 Å². The highest BCUT2D eigenvalue weighted by atomic mass is 35.5. The molecule has 0 fully saturated rings. The molecule has 0 spiro atoms. The van der Waals surface area contributed by atoms with E-state index in [-0.39, 0.29) is 5.91 Å². The number of pyridine rings is 1. The van der Waals surface area contributed by atoms with Gasteiger partial charge in [-0.25, -0.2) is 4.98 Å². The first-order valence-corrected chi connectivity index (χ1v) is 7.94. The molecule has 2 rings (SSSR count). The van der Waals surface area contributed by atoms with Crippen LogP contribution in [0, 0.1) is 0 Å². The fourth-order valence-corrected chi connectivity index (χ4v) is 2.47. The maximum Gasteiger partial charge on any atom is 0.222 e. The summed E-state index contributed by atoms with van der Waals surface area (Å²) in [5.74, 6) is 1.24. The molecule has 0 saturated heterocycles. The van der Waals surface area contributed by atoms with Gasteiger partial charge in [-0.2, -0.15) is 0 Å². The van der Waals surface area contributed by atoms with E-state index in [4.69, 9.17) is 33.3 Å². The van der Waals surface area contributed by atoms with Crippen molar-refractivity contribution in [2.45, 2.75) is 6.92 Å². The number of benzene rings is 1. The van der Waals surface area contributed by atoms with E-state index in [0.29, 0.717) is 38.8 Å². The Morgan fingerprint density at radius 3 is 2.48 bits per heavy atom. The number of hydrogen-bond acceptors (Lipinski definition) is 5. The number of rotatable bonds is 5. The quantitative estimate of drug-likeness (QED) is 0.684. The zero-order valence-corrected chi connectivity index (χ0v) is 15.4. The highest BCUT2D eigenvalue weighted by molar-refractivity contribution is 7.80. The minimum atomic E-state index is -0.206. The number of thiocarbonyl (C=S) groups is 1. The minimum Gasteiger partial charge on any atom is -0.495 e. The van der Waals surface area contributed by atoms with Crippen LogP contribution in [0.1, 0.15) is 6.92 Å². The lowest BCUT2D eigenvalue weighted by atomic mass is 10.2. The average molecular weight is 381 g/mol. The first-order valence-electron chi connectivity index (χ1n) is 7.16. The fourth-order valence-electron chi connectivity index (χ4n) is 2.00. The molecule has 9 heteroatoms. The Bertz CT molecular complexity index is 801. The third kappa shape index (κ3) is 5.20. The fraction of sp³-hybridized carbons (Fsp3) is 0.188. The lowest BCUT2D eigenvalue weighted by molar-refractivity contribution is -0.114. The lowest BCUT2D eigenvalue weighted by Gasteiger charge is -2.15. The van der Waals surface area contributed by atoms with Gasteiger partial charge < -0.3 is 25.4 Å². The summed E-state index contributed by atoms with van der Waals surface area (Å²) in [6.07, 6.45) is 1.56. The van der Waals surface area contributed by atoms with Crippen LogP contribution in [0.4, 0.5) is 17.2 Å². The molecule has 0 unspecified atom stereocenters. The normalized spacial score (nSPS) is 9.92. The van der Waals surface area contributed by atoms with E-state index < -0.39 is 0 Å². The van der Waals surface area contributed by atoms with E-state index in [1.54, 1.807) is 30.5 Å². The van der Waals surface area contributed by atoms with E-state index in [1.807, 2.05) is 0 Å². The molecule has 0 atom stereocenters. The second-order valence-corrected chi connectivity index (χ2v) is 5.69. The third-order valence-corrected chi connectivity index (χ3v) is 3.54. The Hall–Kier alpha value is -2.58. The largest absolute Gasteiger partial charge is 0.495 e. The van der Waals surface area contributed by atoms with Gasteiger partial charge >= 0.3 is 0 Å². The molecule has 25 heavy (non-hydrogen) atoms. The molecule has 1 aromatic carbocycles. The van der Waals surface area contributed by atoms with Crippen LogP contribution in [0.2, 0.25) is 5.02 Å². The topological polar surface area (TPSA) is 84.5 Å². The summed E-state index contributed by atoms with van der Waals surface area (Å²) >= 11 is 11.4. The second-order valence-electron chi connectivity index (χ2n) is 4.88. The summed E-state index contributed by atoms with van der Waals surface area (Å²) in [5, 5.41) is 9.35. The van der Waals surface area contributed by atoms with Gasteiger partial charge in [0.2, 0.25) is 5.91 Å². The van der Waals surface area contributed by atoms with Crippen LogP contribution in [0.25, 0.3) is 0 Å². The van der Waals surface area contributed by atoms with Gasteiger partial charge in [0.15, 0.2) is 5.11 Å². The minimum absolute atomic E-state index is 0.206. The van der Waals surface area contributed by atoms with Crippen molar-refractivity contribution in [1.29, 1.82) is 0 Å². The molecule has 1 heterocycles. The Labute approximate surface area is 155 Å². The molecule has 3 N–H and O–H groups in total. The third-order valence-electron chi connectivity index (χ3n) is 3.04. The molecule has 0 aliphatic heterocycles. The van der Waals surface area contributed by atoms with Crippen molar-refractivity contribution in [2.75, 3.05) is 30.2 Å². The van der Waals surface area contributed by atoms with Crippen LogP contribution >= 0.6 is 23.8 Å². The van der Waals surface area contributed by atoms with E-state index in [1.165, 1.54) is 21.1 Å². The summed E-state index contributed by atoms with van der Waals surface area (Å²) in [7, 11) is 3.06. The Balaban J connectivity index is 2.12. The number of halogens is 1. The van der Waals surface area contributed by atoms with Crippen molar-refractivity contribution >= 4 is 52.0 Å². The van der Waals surface area contributed by atoms with Gasteiger partial charge in [-0.05, 0) is 24.4 Å². The number of ether oxygens (including phenoxy) is 2. The molecule has 0 radical (unpaired) electrons. The van der Waals surface area contributed by atoms with Crippen LogP contribution in [-0.2, 0) is 4.79 Å². The predicted molar refractivity (Wildman–Crippen MR) is 103 cm³/mol. The Kier molecular flexibility index (Phi) is 6.37. The van der Waals surface area contributed by atoms with E-state index >= 15 is 0 Å². The molecule has 0 bridgehead atoms. The molecule has 7 nitrogen and oxygen atoms in total. The summed E-state index contributed by atoms with van der Waals surface area (Å²) in [6, 6.07) is 6.70. The molecule has 1 amide bonds. The summed E-state index contributed by atoms with van der Waals surface area (Å²) in [5.41, 5.74) is 1.25. The van der Waals surface area contributed by atoms with Crippen molar-refractivity contribution in [3.63, 3.8) is 0 Å². The molecule has 132 valence electrons. The van der Waals surface area contributed by atoms with Crippen LogP contribution in [0.5, 0.6) is 11.5 Å². The number of nitrogens with one attached hydrogen (secondary N) is 3. The molecule has 0 saturated carbocycles. The van der Waals surface area contributed by atoms with Crippen molar-refractivity contribution in [3.8, 4) is 11.5 Å². The average Bonchev–Trinajstić information content (AvgIpc) is 2.54. The molecule has 2 aromatic rings. The monoisotopic (exact) mass is 380 g/mol. The standard InChI is InChI=1S/C16H17ClN4O3S/c1-9(22)19-15-6-10(4-5-18-15)20-16(25)21-12-7-11(17)13(23-2)8-14(12)24-3/h4-8H,1-3H3,(H3,18,19,20,21,22,25). The van der Waals surface area contributed by atoms with Crippen LogP contribution in [0.3, 0.4) is 0 Å². The zero-order valence-electron chi connectivity index (χ0n) is 13.8. The van der Waals surface area contributed by atoms with E-state index in [9.17, 15) is 4.79 Å². The van der Waals surface area contributed by atoms with Gasteiger partial charge in [-0.3, -0.25) is 4.79 Å². The number of carbonyl (C=O) groups excluding carboxylic acids is 1. The van der Waals surface area contributed by atoms with Gasteiger partial charge in [-0.15, -0.1) is 0 Å². The van der Waals surface area contributed by atoms with E-state index in [0.717, 1.165) is 0 Å². The van der Waals surface area contributed by atoms with Gasteiger partial charge in [0, 0.05) is 30.9 Å². The zero-order chi connectivity index (χ0) is 18.4. The number of hydrogen-bond donors (Lipinski definition) is 3. The number of methoxy groups -OCH3 is 2. The van der Waals surface area contributed by atoms with Crippen LogP contribution < -0.4 is 25.4 Å². The highest BCUT2D eigenvalue weighted by Crippen LogP contribution is 2.35. The number of anilines is 3. The molecule has 0 aliphatic rings. The Morgan fingerprint density at radius 2 is 1.84 bits per heavy atom. The smallest absolute Gasteiger partial charge is 0.222 e. The van der Waals surface area contributed by atoms with Crippen molar-refractivity contribution < 1.29 is 14.3 Å². The van der Waals surface area contributed by atoms with Crippen molar-refractivity contribution in [3.05, 3.63) is 35.5 Å². The van der Waals surface area contributed by atoms with Gasteiger partial charge in [0.1, 0.15) is 17.3 Å². The molecular formula is C16H17ClN4O3S.